The van der Waals surface area contributed by atoms with E-state index in [0.717, 1.165) is 29.8 Å². The van der Waals surface area contributed by atoms with Gasteiger partial charge in [-0.05, 0) is 68.0 Å². The van der Waals surface area contributed by atoms with E-state index in [1.807, 2.05) is 25.1 Å². The number of ether oxygens (including phenoxy) is 1. The Labute approximate surface area is 181 Å². The second-order valence-corrected chi connectivity index (χ2v) is 8.04. The summed E-state index contributed by atoms with van der Waals surface area (Å²) in [5.74, 6) is -0.146. The zero-order chi connectivity index (χ0) is 21.7. The molecule has 1 aliphatic heterocycles. The molecule has 3 rings (SSSR count). The van der Waals surface area contributed by atoms with Crippen molar-refractivity contribution in [2.75, 3.05) is 25.5 Å². The maximum absolute atomic E-state index is 14.2. The molecule has 1 atom stereocenters. The molecule has 7 heteroatoms. The van der Waals surface area contributed by atoms with Crippen molar-refractivity contribution in [1.82, 2.24) is 4.90 Å². The van der Waals surface area contributed by atoms with Crippen LogP contribution in [-0.2, 0) is 4.79 Å². The minimum atomic E-state index is -0.680. The number of carbonyl (C=O) groups excluding carboxylic acids is 2. The van der Waals surface area contributed by atoms with Crippen molar-refractivity contribution in [3.8, 4) is 5.75 Å². The lowest BCUT2D eigenvalue weighted by Crippen LogP contribution is -2.40. The summed E-state index contributed by atoms with van der Waals surface area (Å²) in [6.45, 7) is 3.01. The van der Waals surface area contributed by atoms with Crippen molar-refractivity contribution in [3.63, 3.8) is 0 Å². The van der Waals surface area contributed by atoms with Gasteiger partial charge in [0, 0.05) is 25.2 Å². The zero-order valence-electron chi connectivity index (χ0n) is 17.2. The number of nitrogens with zero attached hydrogens (tertiary/aromatic N) is 1. The maximum atomic E-state index is 14.2. The van der Waals surface area contributed by atoms with Gasteiger partial charge >= 0.3 is 0 Å². The summed E-state index contributed by atoms with van der Waals surface area (Å²) in [6, 6.07) is 9.96. The van der Waals surface area contributed by atoms with Crippen molar-refractivity contribution in [3.05, 3.63) is 58.4 Å². The van der Waals surface area contributed by atoms with E-state index in [9.17, 15) is 14.0 Å². The fourth-order valence-corrected chi connectivity index (χ4v) is 3.95. The SMILES string of the molecule is COc1ccc(NC(=O)CC[C@@H]2CCCN(C(=O)c3cccc(Cl)c3F)C2)c(C)c1. The van der Waals surface area contributed by atoms with Gasteiger partial charge in [-0.2, -0.15) is 0 Å². The van der Waals surface area contributed by atoms with E-state index in [2.05, 4.69) is 5.32 Å². The number of anilines is 1. The molecule has 5 nitrogen and oxygen atoms in total. The highest BCUT2D eigenvalue weighted by atomic mass is 35.5. The van der Waals surface area contributed by atoms with Gasteiger partial charge in [0.25, 0.3) is 5.91 Å². The first-order valence-corrected chi connectivity index (χ1v) is 10.4. The number of amides is 2. The maximum Gasteiger partial charge on any atom is 0.256 e. The average Bonchev–Trinajstić information content (AvgIpc) is 2.75. The number of aryl methyl sites for hydroxylation is 1. The molecule has 2 amide bonds. The van der Waals surface area contributed by atoms with E-state index in [4.69, 9.17) is 16.3 Å². The molecule has 0 saturated carbocycles. The molecule has 2 aromatic carbocycles. The first-order valence-electron chi connectivity index (χ1n) is 10.1. The summed E-state index contributed by atoms with van der Waals surface area (Å²) in [4.78, 5) is 26.8. The number of rotatable bonds is 6. The molecular weight excluding hydrogens is 407 g/mol. The topological polar surface area (TPSA) is 58.6 Å². The largest absolute Gasteiger partial charge is 0.497 e. The normalized spacial score (nSPS) is 16.3. The highest BCUT2D eigenvalue weighted by Gasteiger charge is 2.27. The van der Waals surface area contributed by atoms with Crippen LogP contribution in [0.15, 0.2) is 36.4 Å². The van der Waals surface area contributed by atoms with Crippen LogP contribution in [0.2, 0.25) is 5.02 Å². The average molecular weight is 433 g/mol. The van der Waals surface area contributed by atoms with Crippen molar-refractivity contribution in [2.45, 2.75) is 32.6 Å². The monoisotopic (exact) mass is 432 g/mol. The van der Waals surface area contributed by atoms with Gasteiger partial charge in [-0.3, -0.25) is 9.59 Å². The second-order valence-electron chi connectivity index (χ2n) is 7.63. The summed E-state index contributed by atoms with van der Waals surface area (Å²) < 4.78 is 19.4. The summed E-state index contributed by atoms with van der Waals surface area (Å²) >= 11 is 5.81. The third-order valence-electron chi connectivity index (χ3n) is 5.48. The van der Waals surface area contributed by atoms with Gasteiger partial charge in [0.15, 0.2) is 5.82 Å². The van der Waals surface area contributed by atoms with Crippen LogP contribution in [0, 0.1) is 18.7 Å². The third-order valence-corrected chi connectivity index (χ3v) is 5.77. The number of halogens is 2. The third kappa shape index (κ3) is 5.30. The van der Waals surface area contributed by atoms with Crippen LogP contribution in [-0.4, -0.2) is 36.9 Å². The number of piperidine rings is 1. The Balaban J connectivity index is 1.54. The molecule has 0 spiro atoms. The predicted molar refractivity (Wildman–Crippen MR) is 116 cm³/mol. The minimum Gasteiger partial charge on any atom is -0.497 e. The molecule has 0 unspecified atom stereocenters. The second kappa shape index (κ2) is 9.94. The molecule has 1 fully saturated rings. The minimum absolute atomic E-state index is 0.00382. The van der Waals surface area contributed by atoms with Gasteiger partial charge in [0.05, 0.1) is 17.7 Å². The molecule has 1 heterocycles. The first kappa shape index (κ1) is 22.1. The zero-order valence-corrected chi connectivity index (χ0v) is 18.0. The van der Waals surface area contributed by atoms with Crippen LogP contribution >= 0.6 is 11.6 Å². The van der Waals surface area contributed by atoms with Gasteiger partial charge in [0.2, 0.25) is 5.91 Å². The van der Waals surface area contributed by atoms with E-state index in [-0.39, 0.29) is 28.3 Å². The number of nitrogens with one attached hydrogen (secondary N) is 1. The lowest BCUT2D eigenvalue weighted by Gasteiger charge is -2.33. The van der Waals surface area contributed by atoms with Crippen LogP contribution in [0.4, 0.5) is 10.1 Å². The van der Waals surface area contributed by atoms with E-state index in [1.165, 1.54) is 12.1 Å². The number of hydrogen-bond acceptors (Lipinski definition) is 3. The number of hydrogen-bond donors (Lipinski definition) is 1. The summed E-state index contributed by atoms with van der Waals surface area (Å²) in [5, 5.41) is 2.88. The standard InChI is InChI=1S/C23H26ClFN2O3/c1-15-13-17(30-2)9-10-20(15)26-21(28)11-8-16-5-4-12-27(14-16)23(29)18-6-3-7-19(24)22(18)25/h3,6-7,9-10,13,16H,4-5,8,11-12,14H2,1-2H3,(H,26,28)/t16-/m0/s1. The Morgan fingerprint density at radius 3 is 2.83 bits per heavy atom. The van der Waals surface area contributed by atoms with Gasteiger partial charge in [-0.25, -0.2) is 4.39 Å². The van der Waals surface area contributed by atoms with Crippen molar-refractivity contribution in [1.29, 1.82) is 0 Å². The molecule has 0 bridgehead atoms. The number of benzene rings is 2. The van der Waals surface area contributed by atoms with Gasteiger partial charge in [-0.15, -0.1) is 0 Å². The highest BCUT2D eigenvalue weighted by Crippen LogP contribution is 2.26. The molecule has 30 heavy (non-hydrogen) atoms. The first-order chi connectivity index (χ1) is 14.4. The van der Waals surface area contributed by atoms with E-state index in [1.54, 1.807) is 18.1 Å². The van der Waals surface area contributed by atoms with Crippen molar-refractivity contribution >= 4 is 29.1 Å². The smallest absolute Gasteiger partial charge is 0.256 e. The van der Waals surface area contributed by atoms with Gasteiger partial charge in [0.1, 0.15) is 5.75 Å². The van der Waals surface area contributed by atoms with Crippen LogP contribution in [0.3, 0.4) is 0 Å². The fourth-order valence-electron chi connectivity index (χ4n) is 3.78. The highest BCUT2D eigenvalue weighted by molar-refractivity contribution is 6.31. The summed E-state index contributed by atoms with van der Waals surface area (Å²) in [6.07, 6.45) is 2.81. The number of methoxy groups -OCH3 is 1. The molecule has 1 N–H and O–H groups in total. The number of carbonyl (C=O) groups is 2. The Bertz CT molecular complexity index is 935. The lowest BCUT2D eigenvalue weighted by molar-refractivity contribution is -0.116. The Morgan fingerprint density at radius 1 is 1.30 bits per heavy atom. The Morgan fingerprint density at radius 2 is 2.10 bits per heavy atom. The lowest BCUT2D eigenvalue weighted by atomic mass is 9.92. The van der Waals surface area contributed by atoms with Crippen LogP contribution < -0.4 is 10.1 Å². The fraction of sp³-hybridized carbons (Fsp3) is 0.391. The molecule has 0 radical (unpaired) electrons. The van der Waals surface area contributed by atoms with Crippen molar-refractivity contribution in [2.24, 2.45) is 5.92 Å². The van der Waals surface area contributed by atoms with Gasteiger partial charge < -0.3 is 15.0 Å². The van der Waals surface area contributed by atoms with Crippen LogP contribution in [0.25, 0.3) is 0 Å². The van der Waals surface area contributed by atoms with Crippen LogP contribution in [0.1, 0.15) is 41.6 Å². The summed E-state index contributed by atoms with van der Waals surface area (Å²) in [5.41, 5.74) is 1.69. The molecule has 0 aliphatic carbocycles. The molecule has 0 aromatic heterocycles. The van der Waals surface area contributed by atoms with Gasteiger partial charge in [-0.1, -0.05) is 17.7 Å². The number of likely N-dealkylation sites (tertiary alicyclic amines) is 1. The van der Waals surface area contributed by atoms with Crippen LogP contribution in [0.5, 0.6) is 5.75 Å². The van der Waals surface area contributed by atoms with E-state index < -0.39 is 5.82 Å². The molecule has 2 aromatic rings. The van der Waals surface area contributed by atoms with E-state index in [0.29, 0.717) is 25.9 Å². The molecule has 1 saturated heterocycles. The molecule has 160 valence electrons. The van der Waals surface area contributed by atoms with Crippen molar-refractivity contribution < 1.29 is 18.7 Å². The molecular formula is C23H26ClFN2O3. The Hall–Kier alpha value is -2.60. The van der Waals surface area contributed by atoms with E-state index >= 15 is 0 Å². The predicted octanol–water partition coefficient (Wildman–Crippen LogP) is 5.07. The Kier molecular flexibility index (Phi) is 7.32. The molecule has 1 aliphatic rings. The summed E-state index contributed by atoms with van der Waals surface area (Å²) in [7, 11) is 1.60. The quantitative estimate of drug-likeness (QED) is 0.693.